The Bertz CT molecular complexity index is 579. The normalized spacial score (nSPS) is 11.0. The average molecular weight is 279 g/mol. The number of benzene rings is 2. The van der Waals surface area contributed by atoms with Gasteiger partial charge in [0.05, 0.1) is 5.69 Å². The molecule has 0 radical (unpaired) electrons. The standard InChI is InChI=1S/C15H15F2NS/c1-9(2)10-3-5-12(6-4-10)19-14-8-11(16)7-13(17)15(14)18/h3-9H,18H2,1-2H3. The molecule has 0 aliphatic carbocycles. The maximum Gasteiger partial charge on any atom is 0.150 e. The maximum atomic E-state index is 13.3. The second-order valence-electron chi connectivity index (χ2n) is 4.63. The van der Waals surface area contributed by atoms with Gasteiger partial charge >= 0.3 is 0 Å². The second kappa shape index (κ2) is 5.61. The second-order valence-corrected chi connectivity index (χ2v) is 5.74. The molecule has 0 unspecified atom stereocenters. The zero-order valence-corrected chi connectivity index (χ0v) is 11.6. The summed E-state index contributed by atoms with van der Waals surface area (Å²) in [4.78, 5) is 1.30. The summed E-state index contributed by atoms with van der Waals surface area (Å²) < 4.78 is 26.5. The van der Waals surface area contributed by atoms with Crippen LogP contribution < -0.4 is 5.73 Å². The fourth-order valence-electron chi connectivity index (χ4n) is 1.69. The molecule has 0 atom stereocenters. The van der Waals surface area contributed by atoms with Gasteiger partial charge in [-0.3, -0.25) is 0 Å². The van der Waals surface area contributed by atoms with Crippen molar-refractivity contribution in [3.8, 4) is 0 Å². The van der Waals surface area contributed by atoms with Gasteiger partial charge in [-0.1, -0.05) is 37.7 Å². The third-order valence-corrected chi connectivity index (χ3v) is 3.90. The molecule has 19 heavy (non-hydrogen) atoms. The summed E-state index contributed by atoms with van der Waals surface area (Å²) in [6.07, 6.45) is 0. The van der Waals surface area contributed by atoms with E-state index in [-0.39, 0.29) is 5.69 Å². The average Bonchev–Trinajstić information content (AvgIpc) is 2.36. The van der Waals surface area contributed by atoms with Crippen LogP contribution in [0, 0.1) is 11.6 Å². The Morgan fingerprint density at radius 3 is 2.26 bits per heavy atom. The van der Waals surface area contributed by atoms with E-state index in [0.29, 0.717) is 10.8 Å². The molecule has 0 aliphatic heterocycles. The first-order chi connectivity index (χ1) is 8.97. The van der Waals surface area contributed by atoms with Crippen LogP contribution >= 0.6 is 11.8 Å². The molecule has 2 rings (SSSR count). The lowest BCUT2D eigenvalue weighted by molar-refractivity contribution is 0.581. The van der Waals surface area contributed by atoms with E-state index < -0.39 is 11.6 Å². The number of hydrogen-bond donors (Lipinski definition) is 1. The monoisotopic (exact) mass is 279 g/mol. The molecule has 0 spiro atoms. The molecule has 2 aromatic rings. The quantitative estimate of drug-likeness (QED) is 0.815. The van der Waals surface area contributed by atoms with Gasteiger partial charge in [0.2, 0.25) is 0 Å². The molecule has 0 aromatic heterocycles. The topological polar surface area (TPSA) is 26.0 Å². The minimum atomic E-state index is -0.721. The Morgan fingerprint density at radius 1 is 1.05 bits per heavy atom. The highest BCUT2D eigenvalue weighted by Gasteiger charge is 2.10. The highest BCUT2D eigenvalue weighted by atomic mass is 32.2. The van der Waals surface area contributed by atoms with Crippen LogP contribution in [-0.4, -0.2) is 0 Å². The van der Waals surface area contributed by atoms with E-state index in [9.17, 15) is 8.78 Å². The Hall–Kier alpha value is -1.55. The van der Waals surface area contributed by atoms with Crippen molar-refractivity contribution in [2.45, 2.75) is 29.6 Å². The van der Waals surface area contributed by atoms with Gasteiger partial charge in [-0.05, 0) is 29.7 Å². The molecule has 2 aromatic carbocycles. The number of nitrogens with two attached hydrogens (primary N) is 1. The van der Waals surface area contributed by atoms with E-state index >= 15 is 0 Å². The van der Waals surface area contributed by atoms with Crippen molar-refractivity contribution in [2.24, 2.45) is 0 Å². The van der Waals surface area contributed by atoms with Crippen molar-refractivity contribution >= 4 is 17.4 Å². The molecule has 0 aliphatic rings. The molecule has 1 nitrogen and oxygen atoms in total. The SMILES string of the molecule is CC(C)c1ccc(Sc2cc(F)cc(F)c2N)cc1. The van der Waals surface area contributed by atoms with Gasteiger partial charge in [0, 0.05) is 15.9 Å². The van der Waals surface area contributed by atoms with Gasteiger partial charge in [-0.25, -0.2) is 8.78 Å². The summed E-state index contributed by atoms with van der Waals surface area (Å²) >= 11 is 1.26. The lowest BCUT2D eigenvalue weighted by Crippen LogP contribution is -1.95. The molecule has 0 fully saturated rings. The predicted octanol–water partition coefficient (Wildman–Crippen LogP) is 4.82. The maximum absolute atomic E-state index is 13.3. The van der Waals surface area contributed by atoms with Crippen LogP contribution in [-0.2, 0) is 0 Å². The number of anilines is 1. The highest BCUT2D eigenvalue weighted by molar-refractivity contribution is 7.99. The van der Waals surface area contributed by atoms with Crippen LogP contribution in [0.5, 0.6) is 0 Å². The van der Waals surface area contributed by atoms with Crippen molar-refractivity contribution in [1.29, 1.82) is 0 Å². The Labute approximate surface area is 115 Å². The molecular formula is C15H15F2NS. The molecule has 100 valence electrons. The highest BCUT2D eigenvalue weighted by Crippen LogP contribution is 2.34. The lowest BCUT2D eigenvalue weighted by Gasteiger charge is -2.09. The fourth-order valence-corrected chi connectivity index (χ4v) is 2.60. The summed E-state index contributed by atoms with van der Waals surface area (Å²) in [5.74, 6) is -0.884. The number of rotatable bonds is 3. The van der Waals surface area contributed by atoms with Crippen molar-refractivity contribution in [3.63, 3.8) is 0 Å². The first kappa shape index (κ1) is 13.9. The van der Waals surface area contributed by atoms with E-state index in [4.69, 9.17) is 5.73 Å². The van der Waals surface area contributed by atoms with Crippen molar-refractivity contribution < 1.29 is 8.78 Å². The van der Waals surface area contributed by atoms with Gasteiger partial charge in [0.15, 0.2) is 0 Å². The first-order valence-corrected chi connectivity index (χ1v) is 6.81. The van der Waals surface area contributed by atoms with Crippen LogP contribution in [0.4, 0.5) is 14.5 Å². The molecule has 0 heterocycles. The van der Waals surface area contributed by atoms with Crippen LogP contribution in [0.15, 0.2) is 46.2 Å². The largest absolute Gasteiger partial charge is 0.395 e. The molecule has 2 N–H and O–H groups in total. The minimum absolute atomic E-state index is 0.0145. The number of nitrogen functional groups attached to an aromatic ring is 1. The van der Waals surface area contributed by atoms with E-state index in [1.54, 1.807) is 0 Å². The van der Waals surface area contributed by atoms with E-state index in [0.717, 1.165) is 11.0 Å². The Kier molecular flexibility index (Phi) is 4.10. The first-order valence-electron chi connectivity index (χ1n) is 5.99. The molecule has 0 bridgehead atoms. The number of halogens is 2. The fraction of sp³-hybridized carbons (Fsp3) is 0.200. The van der Waals surface area contributed by atoms with Crippen molar-refractivity contribution in [3.05, 3.63) is 53.6 Å². The predicted molar refractivity (Wildman–Crippen MR) is 75.4 cm³/mol. The zero-order valence-electron chi connectivity index (χ0n) is 10.8. The summed E-state index contributed by atoms with van der Waals surface area (Å²) in [5.41, 5.74) is 6.83. The lowest BCUT2D eigenvalue weighted by atomic mass is 10.0. The molecule has 0 saturated heterocycles. The smallest absolute Gasteiger partial charge is 0.150 e. The summed E-state index contributed by atoms with van der Waals surface area (Å²) in [5, 5.41) is 0. The van der Waals surface area contributed by atoms with E-state index in [1.165, 1.54) is 23.4 Å². The van der Waals surface area contributed by atoms with Gasteiger partial charge in [-0.15, -0.1) is 0 Å². The molecule has 4 heteroatoms. The van der Waals surface area contributed by atoms with Crippen LogP contribution in [0.1, 0.15) is 25.3 Å². The van der Waals surface area contributed by atoms with Gasteiger partial charge in [0.25, 0.3) is 0 Å². The molecule has 0 amide bonds. The van der Waals surface area contributed by atoms with Crippen LogP contribution in [0.2, 0.25) is 0 Å². The zero-order chi connectivity index (χ0) is 14.0. The van der Waals surface area contributed by atoms with E-state index in [2.05, 4.69) is 13.8 Å². The molecule has 0 saturated carbocycles. The third kappa shape index (κ3) is 3.26. The van der Waals surface area contributed by atoms with Gasteiger partial charge < -0.3 is 5.73 Å². The number of hydrogen-bond acceptors (Lipinski definition) is 2. The van der Waals surface area contributed by atoms with E-state index in [1.807, 2.05) is 24.3 Å². The molecular weight excluding hydrogens is 264 g/mol. The summed E-state index contributed by atoms with van der Waals surface area (Å²) in [6.45, 7) is 4.23. The van der Waals surface area contributed by atoms with Crippen molar-refractivity contribution in [2.75, 3.05) is 5.73 Å². The van der Waals surface area contributed by atoms with Gasteiger partial charge in [0.1, 0.15) is 11.6 Å². The summed E-state index contributed by atoms with van der Waals surface area (Å²) in [7, 11) is 0. The van der Waals surface area contributed by atoms with Crippen LogP contribution in [0.25, 0.3) is 0 Å². The van der Waals surface area contributed by atoms with Gasteiger partial charge in [-0.2, -0.15) is 0 Å². The van der Waals surface area contributed by atoms with Crippen molar-refractivity contribution in [1.82, 2.24) is 0 Å². The summed E-state index contributed by atoms with van der Waals surface area (Å²) in [6, 6.07) is 9.93. The Morgan fingerprint density at radius 2 is 1.68 bits per heavy atom. The minimum Gasteiger partial charge on any atom is -0.395 e. The Balaban J connectivity index is 2.26. The third-order valence-electron chi connectivity index (χ3n) is 2.83. The van der Waals surface area contributed by atoms with Crippen LogP contribution in [0.3, 0.4) is 0 Å².